The first-order valence-corrected chi connectivity index (χ1v) is 7.66. The van der Waals surface area contributed by atoms with Crippen LogP contribution in [0.25, 0.3) is 0 Å². The molecule has 0 heterocycles. The summed E-state index contributed by atoms with van der Waals surface area (Å²) in [6.45, 7) is 3.70. The Bertz CT molecular complexity index is 517. The Kier molecular flexibility index (Phi) is 7.97. The van der Waals surface area contributed by atoms with Gasteiger partial charge in [-0.1, -0.05) is 44.2 Å². The van der Waals surface area contributed by atoms with E-state index in [-0.39, 0.29) is 18.4 Å². The molecule has 0 spiro atoms. The monoisotopic (exact) mass is 318 g/mol. The lowest BCUT2D eigenvalue weighted by Crippen LogP contribution is -2.52. The molecule has 125 valence electrons. The minimum absolute atomic E-state index is 0.195. The maximum Gasteiger partial charge on any atom is 0.242 e. The van der Waals surface area contributed by atoms with Crippen LogP contribution in [0, 0.1) is 5.92 Å². The molecule has 0 aromatic heterocycles. The van der Waals surface area contributed by atoms with E-state index in [0.717, 1.165) is 5.56 Å². The Morgan fingerprint density at radius 1 is 1.17 bits per heavy atom. The molecule has 1 aromatic rings. The molecule has 0 fully saturated rings. The summed E-state index contributed by atoms with van der Waals surface area (Å²) in [5, 5.41) is 5.08. The van der Waals surface area contributed by atoms with Crippen LogP contribution in [0.4, 0.5) is 0 Å². The number of benzene rings is 1. The van der Waals surface area contributed by atoms with Gasteiger partial charge in [0.1, 0.15) is 6.04 Å². The largest absolute Gasteiger partial charge is 0.347 e. The van der Waals surface area contributed by atoms with E-state index in [4.69, 9.17) is 5.73 Å². The van der Waals surface area contributed by atoms with Crippen molar-refractivity contribution in [1.82, 2.24) is 10.6 Å². The zero-order valence-electron chi connectivity index (χ0n) is 13.5. The number of nitrogens with one attached hydrogen (secondary N) is 2. The lowest BCUT2D eigenvalue weighted by atomic mass is 10.0. The second-order valence-electron chi connectivity index (χ2n) is 5.85. The quantitative estimate of drug-likeness (QED) is 0.610. The van der Waals surface area contributed by atoms with Crippen molar-refractivity contribution in [2.24, 2.45) is 11.7 Å². The molecule has 4 N–H and O–H groups in total. The van der Waals surface area contributed by atoms with Crippen LogP contribution in [0.5, 0.6) is 0 Å². The van der Waals surface area contributed by atoms with Gasteiger partial charge in [0.15, 0.2) is 0 Å². The number of carbonyl (C=O) groups is 2. The maximum absolute atomic E-state index is 12.2. The summed E-state index contributed by atoms with van der Waals surface area (Å²) in [6.07, 6.45) is 2.46. The van der Waals surface area contributed by atoms with Crippen molar-refractivity contribution in [2.45, 2.75) is 38.8 Å². The molecule has 0 aliphatic heterocycles. The van der Waals surface area contributed by atoms with Crippen LogP contribution >= 0.6 is 0 Å². The molecule has 0 bridgehead atoms. The van der Waals surface area contributed by atoms with Gasteiger partial charge in [0.05, 0.1) is 12.6 Å². The SMILES string of the molecule is CC(C)C[C@H](NC(=O)[C@@H](N)Cc1ccccc1)C(=O)NC[C]=O. The van der Waals surface area contributed by atoms with Gasteiger partial charge in [0.25, 0.3) is 0 Å². The third kappa shape index (κ3) is 7.06. The Morgan fingerprint density at radius 3 is 2.39 bits per heavy atom. The van der Waals surface area contributed by atoms with Crippen LogP contribution < -0.4 is 16.4 Å². The molecule has 2 amide bonds. The van der Waals surface area contributed by atoms with E-state index in [1.165, 1.54) is 0 Å². The standard InChI is InChI=1S/C17H24N3O3/c1-12(2)10-15(17(23)19-8-9-21)20-16(22)14(18)11-13-6-4-3-5-7-13/h3-7,12,14-15H,8,10-11,18H2,1-2H3,(H,19,23)(H,20,22)/t14-,15-/m0/s1. The van der Waals surface area contributed by atoms with Gasteiger partial charge in [-0.05, 0) is 24.3 Å². The smallest absolute Gasteiger partial charge is 0.242 e. The van der Waals surface area contributed by atoms with Gasteiger partial charge in [-0.2, -0.15) is 0 Å². The second kappa shape index (κ2) is 9.74. The summed E-state index contributed by atoms with van der Waals surface area (Å²) in [4.78, 5) is 34.5. The Hall–Kier alpha value is -2.21. The normalized spacial score (nSPS) is 13.2. The summed E-state index contributed by atoms with van der Waals surface area (Å²) in [6, 6.07) is 7.99. The molecular formula is C17H24N3O3. The van der Waals surface area contributed by atoms with Gasteiger partial charge in [-0.15, -0.1) is 0 Å². The lowest BCUT2D eigenvalue weighted by molar-refractivity contribution is -0.129. The Morgan fingerprint density at radius 2 is 1.83 bits per heavy atom. The van der Waals surface area contributed by atoms with Crippen LogP contribution in [0.15, 0.2) is 30.3 Å². The van der Waals surface area contributed by atoms with Crippen molar-refractivity contribution in [3.8, 4) is 0 Å². The number of rotatable bonds is 9. The molecule has 1 rings (SSSR count). The van der Waals surface area contributed by atoms with Crippen LogP contribution in [-0.4, -0.2) is 36.7 Å². The van der Waals surface area contributed by atoms with Crippen LogP contribution in [0.1, 0.15) is 25.8 Å². The molecule has 0 saturated heterocycles. The van der Waals surface area contributed by atoms with Gasteiger partial charge in [-0.3, -0.25) is 14.4 Å². The lowest BCUT2D eigenvalue weighted by Gasteiger charge is -2.21. The van der Waals surface area contributed by atoms with Gasteiger partial charge in [-0.25, -0.2) is 0 Å². The van der Waals surface area contributed by atoms with E-state index in [2.05, 4.69) is 10.6 Å². The van der Waals surface area contributed by atoms with Gasteiger partial charge >= 0.3 is 0 Å². The van der Waals surface area contributed by atoms with Crippen LogP contribution in [0.3, 0.4) is 0 Å². The summed E-state index contributed by atoms with van der Waals surface area (Å²) in [7, 11) is 0. The van der Waals surface area contributed by atoms with Gasteiger partial charge in [0.2, 0.25) is 18.1 Å². The molecule has 0 aliphatic rings. The highest BCUT2D eigenvalue weighted by Crippen LogP contribution is 2.07. The van der Waals surface area contributed by atoms with E-state index in [1.54, 1.807) is 6.29 Å². The second-order valence-corrected chi connectivity index (χ2v) is 5.85. The van der Waals surface area contributed by atoms with E-state index >= 15 is 0 Å². The van der Waals surface area contributed by atoms with Crippen molar-refractivity contribution in [2.75, 3.05) is 6.54 Å². The average Bonchev–Trinajstić information content (AvgIpc) is 2.52. The molecule has 1 radical (unpaired) electrons. The minimum Gasteiger partial charge on any atom is -0.347 e. The molecule has 1 aromatic carbocycles. The van der Waals surface area contributed by atoms with Crippen molar-refractivity contribution >= 4 is 18.1 Å². The zero-order valence-corrected chi connectivity index (χ0v) is 13.5. The summed E-state index contributed by atoms with van der Waals surface area (Å²) in [5.41, 5.74) is 6.88. The fourth-order valence-electron chi connectivity index (χ4n) is 2.19. The third-order valence-corrected chi connectivity index (χ3v) is 3.31. The highest BCUT2D eigenvalue weighted by molar-refractivity contribution is 5.90. The molecule has 23 heavy (non-hydrogen) atoms. The van der Waals surface area contributed by atoms with Crippen molar-refractivity contribution < 1.29 is 14.4 Å². The Labute approximate surface area is 136 Å². The number of amides is 2. The fourth-order valence-corrected chi connectivity index (χ4v) is 2.19. The number of hydrogen-bond donors (Lipinski definition) is 3. The first-order valence-electron chi connectivity index (χ1n) is 7.66. The van der Waals surface area contributed by atoms with Gasteiger partial charge in [0, 0.05) is 0 Å². The van der Waals surface area contributed by atoms with E-state index in [0.29, 0.717) is 12.8 Å². The molecule has 2 atom stereocenters. The minimum atomic E-state index is -0.738. The zero-order chi connectivity index (χ0) is 17.2. The van der Waals surface area contributed by atoms with E-state index in [9.17, 15) is 14.4 Å². The predicted molar refractivity (Wildman–Crippen MR) is 88.2 cm³/mol. The van der Waals surface area contributed by atoms with Crippen molar-refractivity contribution in [3.63, 3.8) is 0 Å². The van der Waals surface area contributed by atoms with E-state index < -0.39 is 18.0 Å². The van der Waals surface area contributed by atoms with Crippen molar-refractivity contribution in [3.05, 3.63) is 35.9 Å². The number of carbonyl (C=O) groups excluding carboxylic acids is 3. The molecule has 0 saturated carbocycles. The molecule has 0 aliphatic carbocycles. The summed E-state index contributed by atoms with van der Waals surface area (Å²) in [5.74, 6) is -0.580. The molecular weight excluding hydrogens is 294 g/mol. The summed E-state index contributed by atoms with van der Waals surface area (Å²) >= 11 is 0. The number of hydrogen-bond acceptors (Lipinski definition) is 4. The van der Waals surface area contributed by atoms with Crippen LogP contribution in [0.2, 0.25) is 0 Å². The predicted octanol–water partition coefficient (Wildman–Crippen LogP) is 0.313. The summed E-state index contributed by atoms with van der Waals surface area (Å²) < 4.78 is 0. The van der Waals surface area contributed by atoms with Crippen molar-refractivity contribution in [1.29, 1.82) is 0 Å². The number of nitrogens with two attached hydrogens (primary N) is 1. The molecule has 6 nitrogen and oxygen atoms in total. The van der Waals surface area contributed by atoms with Crippen LogP contribution in [-0.2, 0) is 20.8 Å². The van der Waals surface area contributed by atoms with E-state index in [1.807, 2.05) is 44.2 Å². The highest BCUT2D eigenvalue weighted by Gasteiger charge is 2.24. The first kappa shape index (κ1) is 18.8. The fraction of sp³-hybridized carbons (Fsp3) is 0.471. The van der Waals surface area contributed by atoms with Gasteiger partial charge < -0.3 is 16.4 Å². The maximum atomic E-state index is 12.2. The third-order valence-electron chi connectivity index (χ3n) is 3.31. The Balaban J connectivity index is 2.63. The molecule has 0 unspecified atom stereocenters. The highest BCUT2D eigenvalue weighted by atomic mass is 16.2. The molecule has 6 heteroatoms. The topological polar surface area (TPSA) is 101 Å². The first-order chi connectivity index (χ1) is 10.9. The average molecular weight is 318 g/mol.